The van der Waals surface area contributed by atoms with Crippen LogP contribution in [0.1, 0.15) is 23.2 Å². The molecule has 2 aromatic carbocycles. The number of hydrogen-bond donors (Lipinski definition) is 3. The van der Waals surface area contributed by atoms with Gasteiger partial charge < -0.3 is 24.8 Å². The highest BCUT2D eigenvalue weighted by atomic mass is 16.5. The number of imidazole rings is 1. The second kappa shape index (κ2) is 8.41. The minimum atomic E-state index is -0.193. The number of carbonyl (C=O) groups is 1. The molecule has 1 saturated heterocycles. The van der Waals surface area contributed by atoms with E-state index in [2.05, 4.69) is 25.2 Å². The first-order chi connectivity index (χ1) is 15.2. The molecule has 0 atom stereocenters. The Hall–Kier alpha value is -3.36. The quantitative estimate of drug-likeness (QED) is 0.444. The van der Waals surface area contributed by atoms with Crippen LogP contribution in [0.4, 0.5) is 5.69 Å². The van der Waals surface area contributed by atoms with Crippen LogP contribution in [0.3, 0.4) is 0 Å². The summed E-state index contributed by atoms with van der Waals surface area (Å²) >= 11 is 0. The van der Waals surface area contributed by atoms with E-state index in [1.54, 1.807) is 0 Å². The number of aromatic nitrogens is 3. The highest BCUT2D eigenvalue weighted by Gasteiger charge is 2.14. The zero-order chi connectivity index (χ0) is 21.2. The van der Waals surface area contributed by atoms with E-state index in [9.17, 15) is 4.79 Å². The third-order valence-corrected chi connectivity index (χ3v) is 5.42. The van der Waals surface area contributed by atoms with Crippen molar-refractivity contribution in [3.63, 3.8) is 0 Å². The number of nitrogens with one attached hydrogen (secondary N) is 3. The molecular formula is C23H25N5O3. The average Bonchev–Trinajstić information content (AvgIpc) is 3.37. The monoisotopic (exact) mass is 419 g/mol. The van der Waals surface area contributed by atoms with Crippen LogP contribution in [0.25, 0.3) is 21.9 Å². The molecule has 3 N–H and O–H groups in total. The van der Waals surface area contributed by atoms with E-state index in [0.29, 0.717) is 18.0 Å². The van der Waals surface area contributed by atoms with Gasteiger partial charge in [-0.25, -0.2) is 4.98 Å². The Morgan fingerprint density at radius 3 is 2.84 bits per heavy atom. The van der Waals surface area contributed by atoms with Crippen LogP contribution >= 0.6 is 0 Å². The van der Waals surface area contributed by atoms with Gasteiger partial charge in [-0.15, -0.1) is 0 Å². The molecule has 8 heteroatoms. The lowest BCUT2D eigenvalue weighted by molar-refractivity contribution is 0.0332. The summed E-state index contributed by atoms with van der Waals surface area (Å²) in [6.45, 7) is 6.65. The molecule has 4 aromatic rings. The van der Waals surface area contributed by atoms with Crippen molar-refractivity contribution in [2.75, 3.05) is 38.2 Å². The fraction of sp³-hybridized carbons (Fsp3) is 0.304. The predicted octanol–water partition coefficient (Wildman–Crippen LogP) is 3.53. The van der Waals surface area contributed by atoms with Gasteiger partial charge in [0.25, 0.3) is 5.91 Å². The van der Waals surface area contributed by atoms with Gasteiger partial charge in [-0.2, -0.15) is 0 Å². The largest absolute Gasteiger partial charge is 0.494 e. The number of fused-ring (bicyclic) bond motifs is 2. The number of aromatic amines is 2. The number of anilines is 1. The Labute approximate surface area is 179 Å². The van der Waals surface area contributed by atoms with Crippen molar-refractivity contribution < 1.29 is 14.3 Å². The van der Waals surface area contributed by atoms with Gasteiger partial charge in [0.2, 0.25) is 0 Å². The number of hydrogen-bond acceptors (Lipinski definition) is 5. The molecule has 0 spiro atoms. The number of rotatable bonds is 6. The molecular weight excluding hydrogens is 394 g/mol. The Morgan fingerprint density at radius 1 is 1.13 bits per heavy atom. The minimum absolute atomic E-state index is 0.193. The van der Waals surface area contributed by atoms with Crippen molar-refractivity contribution >= 4 is 33.5 Å². The van der Waals surface area contributed by atoms with E-state index < -0.39 is 0 Å². The number of amides is 1. The first kappa shape index (κ1) is 19.6. The van der Waals surface area contributed by atoms with Crippen LogP contribution in [0.5, 0.6) is 5.75 Å². The van der Waals surface area contributed by atoms with Crippen molar-refractivity contribution in [1.82, 2.24) is 19.9 Å². The number of morpholine rings is 1. The van der Waals surface area contributed by atoms with Gasteiger partial charge in [0, 0.05) is 35.7 Å². The highest BCUT2D eigenvalue weighted by Crippen LogP contribution is 2.23. The molecule has 160 valence electrons. The minimum Gasteiger partial charge on any atom is -0.494 e. The molecule has 0 bridgehead atoms. The Morgan fingerprint density at radius 2 is 2.00 bits per heavy atom. The van der Waals surface area contributed by atoms with Crippen LogP contribution in [0, 0.1) is 0 Å². The molecule has 0 saturated carbocycles. The SMILES string of the molecule is CCOc1ccc2cc(C(=O)Nc3ccc4nc(CN5CCOCC5)[nH]c4c3)[nH]c2c1. The molecule has 1 fully saturated rings. The van der Waals surface area contributed by atoms with Crippen molar-refractivity contribution in [1.29, 1.82) is 0 Å². The van der Waals surface area contributed by atoms with Gasteiger partial charge in [-0.1, -0.05) is 0 Å². The van der Waals surface area contributed by atoms with Crippen molar-refractivity contribution in [3.05, 3.63) is 54.0 Å². The van der Waals surface area contributed by atoms with Gasteiger partial charge in [-0.3, -0.25) is 9.69 Å². The smallest absolute Gasteiger partial charge is 0.272 e. The zero-order valence-electron chi connectivity index (χ0n) is 17.4. The molecule has 5 rings (SSSR count). The van der Waals surface area contributed by atoms with E-state index in [4.69, 9.17) is 9.47 Å². The molecule has 0 radical (unpaired) electrons. The van der Waals surface area contributed by atoms with E-state index in [-0.39, 0.29) is 5.91 Å². The molecule has 2 aromatic heterocycles. The van der Waals surface area contributed by atoms with Gasteiger partial charge in [0.05, 0.1) is 37.4 Å². The third-order valence-electron chi connectivity index (χ3n) is 5.42. The molecule has 3 heterocycles. The summed E-state index contributed by atoms with van der Waals surface area (Å²) < 4.78 is 10.9. The summed E-state index contributed by atoms with van der Waals surface area (Å²) in [5, 5.41) is 3.93. The third kappa shape index (κ3) is 4.26. The molecule has 0 unspecified atom stereocenters. The summed E-state index contributed by atoms with van der Waals surface area (Å²) in [7, 11) is 0. The standard InChI is InChI=1S/C23H25N5O3/c1-2-31-17-5-3-15-11-21(25-19(15)13-17)23(29)24-16-4-6-18-20(12-16)27-22(26-18)14-28-7-9-30-10-8-28/h3-6,11-13,25H,2,7-10,14H2,1H3,(H,24,29)(H,26,27). The van der Waals surface area contributed by atoms with Crippen molar-refractivity contribution in [3.8, 4) is 5.75 Å². The Bertz CT molecular complexity index is 1220. The average molecular weight is 419 g/mol. The van der Waals surface area contributed by atoms with E-state index in [1.165, 1.54) is 0 Å². The Kier molecular flexibility index (Phi) is 5.31. The molecule has 8 nitrogen and oxygen atoms in total. The van der Waals surface area contributed by atoms with Crippen molar-refractivity contribution in [2.24, 2.45) is 0 Å². The second-order valence-corrected chi connectivity index (χ2v) is 7.62. The van der Waals surface area contributed by atoms with E-state index >= 15 is 0 Å². The fourth-order valence-electron chi connectivity index (χ4n) is 3.87. The predicted molar refractivity (Wildman–Crippen MR) is 120 cm³/mol. The van der Waals surface area contributed by atoms with Gasteiger partial charge >= 0.3 is 0 Å². The first-order valence-electron chi connectivity index (χ1n) is 10.5. The lowest BCUT2D eigenvalue weighted by Gasteiger charge is -2.25. The van der Waals surface area contributed by atoms with Crippen LogP contribution in [-0.2, 0) is 11.3 Å². The first-order valence-corrected chi connectivity index (χ1v) is 10.5. The summed E-state index contributed by atoms with van der Waals surface area (Å²) in [6, 6.07) is 13.3. The fourth-order valence-corrected chi connectivity index (χ4v) is 3.87. The Balaban J connectivity index is 1.31. The maximum Gasteiger partial charge on any atom is 0.272 e. The topological polar surface area (TPSA) is 95.3 Å². The second-order valence-electron chi connectivity index (χ2n) is 7.62. The van der Waals surface area contributed by atoms with Crippen LogP contribution < -0.4 is 10.1 Å². The molecule has 31 heavy (non-hydrogen) atoms. The van der Waals surface area contributed by atoms with E-state index in [0.717, 1.165) is 66.4 Å². The van der Waals surface area contributed by atoms with Crippen LogP contribution in [0.15, 0.2) is 42.5 Å². The zero-order valence-corrected chi connectivity index (χ0v) is 17.4. The van der Waals surface area contributed by atoms with Crippen LogP contribution in [-0.4, -0.2) is 58.7 Å². The van der Waals surface area contributed by atoms with Gasteiger partial charge in [0.15, 0.2) is 0 Å². The summed E-state index contributed by atoms with van der Waals surface area (Å²) in [5.74, 6) is 1.50. The molecule has 1 aliphatic rings. The maximum atomic E-state index is 12.8. The number of benzene rings is 2. The number of nitrogens with zero attached hydrogens (tertiary/aromatic N) is 2. The van der Waals surface area contributed by atoms with E-state index in [1.807, 2.05) is 49.4 Å². The lowest BCUT2D eigenvalue weighted by Crippen LogP contribution is -2.35. The lowest BCUT2D eigenvalue weighted by atomic mass is 10.2. The van der Waals surface area contributed by atoms with Crippen LogP contribution in [0.2, 0.25) is 0 Å². The molecule has 1 amide bonds. The normalized spacial score (nSPS) is 14.9. The summed E-state index contributed by atoms with van der Waals surface area (Å²) in [4.78, 5) is 26.3. The molecule has 0 aliphatic carbocycles. The number of ether oxygens (including phenoxy) is 2. The van der Waals surface area contributed by atoms with Gasteiger partial charge in [0.1, 0.15) is 17.3 Å². The number of carbonyl (C=O) groups excluding carboxylic acids is 1. The molecule has 1 aliphatic heterocycles. The van der Waals surface area contributed by atoms with Crippen molar-refractivity contribution in [2.45, 2.75) is 13.5 Å². The summed E-state index contributed by atoms with van der Waals surface area (Å²) in [5.41, 5.74) is 3.87. The van der Waals surface area contributed by atoms with Gasteiger partial charge in [-0.05, 0) is 43.3 Å². The number of H-pyrrole nitrogens is 2. The maximum absolute atomic E-state index is 12.8. The highest BCUT2D eigenvalue weighted by molar-refractivity contribution is 6.06. The summed E-state index contributed by atoms with van der Waals surface area (Å²) in [6.07, 6.45) is 0.